The Morgan fingerprint density at radius 3 is 1.48 bits per heavy atom. The molecule has 1 aromatic carbocycles. The number of unbranched alkanes of at least 4 members (excludes halogenated alkanes) is 6. The number of amides is 10. The van der Waals surface area contributed by atoms with Gasteiger partial charge in [-0.05, 0) is 95.1 Å². The number of hydrogen-bond donors (Lipinski definition) is 5. The number of fused-ring (bicyclic) bond motifs is 4. The van der Waals surface area contributed by atoms with Crippen LogP contribution in [0, 0.1) is 37.5 Å². The summed E-state index contributed by atoms with van der Waals surface area (Å²) in [6, 6.07) is -7.75. The third kappa shape index (κ3) is 17.3. The molecule has 28 heteroatoms. The van der Waals surface area contributed by atoms with Crippen LogP contribution in [-0.2, 0) is 57.4 Å². The molecule has 10 amide bonds. The molecule has 0 saturated carbocycles. The highest BCUT2D eigenvalue weighted by molar-refractivity contribution is 6.11. The fourth-order valence-corrected chi connectivity index (χ4v) is 13.7. The number of anilines is 1. The van der Waals surface area contributed by atoms with Crippen molar-refractivity contribution in [2.45, 2.75) is 221 Å². The molecule has 1 aromatic rings. The van der Waals surface area contributed by atoms with E-state index in [-0.39, 0.29) is 71.8 Å². The molecule has 5 N–H and O–H groups in total. The molecule has 0 aromatic heterocycles. The predicted molar refractivity (Wildman–Crippen MR) is 368 cm³/mol. The van der Waals surface area contributed by atoms with Crippen LogP contribution in [-0.4, -0.2) is 227 Å². The molecule has 0 bridgehead atoms. The second-order valence-electron chi connectivity index (χ2n) is 28.6. The van der Waals surface area contributed by atoms with Crippen LogP contribution in [0.2, 0.25) is 0 Å². The molecule has 6 aliphatic rings. The van der Waals surface area contributed by atoms with Gasteiger partial charge in [0.15, 0.2) is 11.3 Å². The third-order valence-corrected chi connectivity index (χ3v) is 19.6. The Morgan fingerprint density at radius 2 is 1.04 bits per heavy atom. The number of carbonyl (C=O) groups excluding carboxylic acids is 12. The normalized spacial score (nSPS) is 24.9. The quantitative estimate of drug-likeness (QED) is 0.0714. The van der Waals surface area contributed by atoms with E-state index in [4.69, 9.17) is 18.9 Å². The summed E-state index contributed by atoms with van der Waals surface area (Å²) in [6.45, 7) is 21.1. The van der Waals surface area contributed by atoms with Crippen molar-refractivity contribution >= 4 is 87.8 Å². The van der Waals surface area contributed by atoms with Gasteiger partial charge in [-0.3, -0.25) is 52.7 Å². The second kappa shape index (κ2) is 33.4. The monoisotopic (exact) mass is 1380 g/mol. The van der Waals surface area contributed by atoms with Gasteiger partial charge in [0, 0.05) is 53.4 Å². The molecule has 28 nitrogen and oxygen atoms in total. The van der Waals surface area contributed by atoms with E-state index >= 15 is 24.0 Å². The first-order valence-electron chi connectivity index (χ1n) is 35.0. The summed E-state index contributed by atoms with van der Waals surface area (Å²) in [6.07, 6.45) is 4.76. The summed E-state index contributed by atoms with van der Waals surface area (Å²) in [5.41, 5.74) is -1.77. The van der Waals surface area contributed by atoms with Crippen molar-refractivity contribution < 1.29 is 71.4 Å². The maximum absolute atomic E-state index is 15.9. The highest BCUT2D eigenvalue weighted by Crippen LogP contribution is 2.36. The highest BCUT2D eigenvalue weighted by atomic mass is 16.6. The minimum Gasteiger partial charge on any atom is -0.458 e. The summed E-state index contributed by atoms with van der Waals surface area (Å²) in [7, 11) is 5.66. The van der Waals surface area contributed by atoms with Gasteiger partial charge >= 0.3 is 11.9 Å². The van der Waals surface area contributed by atoms with Crippen molar-refractivity contribution in [3.63, 3.8) is 0 Å². The zero-order valence-electron chi connectivity index (χ0n) is 60.7. The van der Waals surface area contributed by atoms with Crippen molar-refractivity contribution in [3.8, 4) is 11.5 Å². The zero-order valence-corrected chi connectivity index (χ0v) is 60.7. The molecular formula is C71H104N12O16. The summed E-state index contributed by atoms with van der Waals surface area (Å²) >= 11 is 0. The lowest BCUT2D eigenvalue weighted by Gasteiger charge is -2.36. The van der Waals surface area contributed by atoms with E-state index in [1.54, 1.807) is 62.3 Å². The van der Waals surface area contributed by atoms with Crippen molar-refractivity contribution in [2.24, 2.45) is 23.7 Å². The number of hydrogen-bond acceptors (Lipinski definition) is 18. The number of carbonyl (C=O) groups is 12. The standard InChI is InChI=1S/C71H104N12O16/c1-18-19-20-21-22-23-24-31-72-55-49(63(88)77-53-43(13)98-71(96)58(39(8)9)81(17)48(85)35-79(15)67(92)46-28-26-33-83(46)69(94)51(37(4)5)75-65(53)90)56-61(41(11)59(55)86)99-60-40(10)29-30-44(54(60)73-56)62(87)76-52-42(12)97-70(95)57(38(6)7)80(16)47(84)34-78(14)66(91)45-27-25-32-82(45)68(93)50(36(2)3)74-64(52)89/h29-30,36-39,42-43,45-46,50-53,57-58,72H,18-28,31-35H2,1-17H3,(H,74,89)(H,75,90)(H,76,87)(H,77,88)/t42-,43+,45-,46+,50-,51+,52+,53-,57+,58-/m1/s1. The second-order valence-corrected chi connectivity index (χ2v) is 28.6. The number of esters is 2. The van der Waals surface area contributed by atoms with Crippen LogP contribution in [0.5, 0.6) is 0 Å². The van der Waals surface area contributed by atoms with Crippen LogP contribution < -0.4 is 32.0 Å². The van der Waals surface area contributed by atoms with E-state index in [1.165, 1.54) is 80.7 Å². The topological polar surface area (TPSA) is 346 Å². The molecule has 4 fully saturated rings. The van der Waals surface area contributed by atoms with Gasteiger partial charge in [-0.2, -0.15) is 0 Å². The number of aryl methyl sites for hydroxylation is 1. The van der Waals surface area contributed by atoms with E-state index < -0.39 is 179 Å². The summed E-state index contributed by atoms with van der Waals surface area (Å²) in [4.78, 5) is 203. The van der Waals surface area contributed by atoms with Crippen molar-refractivity contribution in [1.82, 2.24) is 55.7 Å². The Kier molecular flexibility index (Phi) is 26.2. The minimum atomic E-state index is -1.86. The SMILES string of the molecule is CCCCCCCCCNc1c(C(=O)N[C@H]2C(=O)N[C@@H](C(C)C)C(=O)N3CCC[C@H]3C(=O)N(C)CC(=O)N(C)[C@H](C(C)C)C(=O)O[C@H]2C)c2nc3c(C(=O)N[C@@H]4C(=O)N[C@H](C(C)C)C(=O)N5CCC[C@@H]5C(=O)N(C)CC(=O)N(C)[C@@H](C(C)C)C(=O)O[C@@H]4C)ccc(C)c3oc-2c(C)c1=O. The number of aromatic nitrogens is 1. The molecule has 99 heavy (non-hydrogen) atoms. The Morgan fingerprint density at radius 1 is 0.596 bits per heavy atom. The lowest BCUT2D eigenvalue weighted by Crippen LogP contribution is -2.61. The Hall–Kier alpha value is -8.72. The molecule has 10 atom stereocenters. The molecule has 0 unspecified atom stereocenters. The fourth-order valence-electron chi connectivity index (χ4n) is 13.7. The van der Waals surface area contributed by atoms with Gasteiger partial charge in [0.05, 0.1) is 29.9 Å². The molecule has 4 saturated heterocycles. The summed E-state index contributed by atoms with van der Waals surface area (Å²) < 4.78 is 18.7. The van der Waals surface area contributed by atoms with Gasteiger partial charge in [-0.1, -0.05) is 107 Å². The van der Waals surface area contributed by atoms with Gasteiger partial charge in [0.25, 0.3) is 11.8 Å². The van der Waals surface area contributed by atoms with Gasteiger partial charge in [0.1, 0.15) is 71.8 Å². The number of ether oxygens (including phenoxy) is 2. The van der Waals surface area contributed by atoms with Crippen LogP contribution in [0.4, 0.5) is 5.69 Å². The lowest BCUT2D eigenvalue weighted by molar-refractivity contribution is -0.163. The van der Waals surface area contributed by atoms with Crippen LogP contribution in [0.15, 0.2) is 21.3 Å². The number of rotatable bonds is 17. The van der Waals surface area contributed by atoms with E-state index in [2.05, 4.69) is 33.5 Å². The number of nitrogens with zero attached hydrogens (tertiary/aromatic N) is 7. The van der Waals surface area contributed by atoms with E-state index in [0.29, 0.717) is 24.8 Å². The molecule has 5 heterocycles. The average Bonchev–Trinajstić information content (AvgIpc) is 1.22. The Labute approximate surface area is 579 Å². The summed E-state index contributed by atoms with van der Waals surface area (Å²) in [5.74, 6) is -12.0. The van der Waals surface area contributed by atoms with Crippen molar-refractivity contribution in [1.29, 1.82) is 0 Å². The first-order valence-corrected chi connectivity index (χ1v) is 35.0. The van der Waals surface area contributed by atoms with Gasteiger partial charge < -0.3 is 69.9 Å². The van der Waals surface area contributed by atoms with Crippen molar-refractivity contribution in [2.75, 3.05) is 66.2 Å². The smallest absolute Gasteiger partial charge is 0.329 e. The molecule has 0 spiro atoms. The average molecular weight is 1380 g/mol. The largest absolute Gasteiger partial charge is 0.458 e. The molecule has 5 aliphatic heterocycles. The van der Waals surface area contributed by atoms with Crippen LogP contribution in [0.3, 0.4) is 0 Å². The van der Waals surface area contributed by atoms with E-state index in [9.17, 15) is 38.4 Å². The summed E-state index contributed by atoms with van der Waals surface area (Å²) in [5, 5.41) is 14.2. The zero-order chi connectivity index (χ0) is 73.3. The fraction of sp³-hybridized carbons (Fsp3) is 0.662. The van der Waals surface area contributed by atoms with Crippen molar-refractivity contribution in [3.05, 3.63) is 44.6 Å². The van der Waals surface area contributed by atoms with Gasteiger partial charge in [0.2, 0.25) is 52.7 Å². The van der Waals surface area contributed by atoms with Gasteiger partial charge in [-0.25, -0.2) is 14.6 Å². The number of benzene rings is 2. The van der Waals surface area contributed by atoms with Crippen LogP contribution >= 0.6 is 0 Å². The van der Waals surface area contributed by atoms with E-state index in [1.807, 2.05) is 0 Å². The first kappa shape index (κ1) is 77.6. The maximum atomic E-state index is 15.9. The minimum absolute atomic E-state index is 0.00473. The molecule has 0 radical (unpaired) electrons. The Balaban J connectivity index is 1.38. The lowest BCUT2D eigenvalue weighted by atomic mass is 9.97. The predicted octanol–water partition coefficient (Wildman–Crippen LogP) is 4.31. The maximum Gasteiger partial charge on any atom is 0.329 e. The van der Waals surface area contributed by atoms with Crippen LogP contribution in [0.1, 0.15) is 179 Å². The molecule has 1 aliphatic carbocycles. The van der Waals surface area contributed by atoms with Crippen LogP contribution in [0.25, 0.3) is 22.6 Å². The number of cyclic esters (lactones) is 2. The van der Waals surface area contributed by atoms with E-state index in [0.717, 1.165) is 48.3 Å². The molecular weight excluding hydrogens is 1280 g/mol. The third-order valence-electron chi connectivity index (χ3n) is 19.6. The first-order chi connectivity index (χ1) is 46.6. The van der Waals surface area contributed by atoms with Gasteiger partial charge in [-0.15, -0.1) is 0 Å². The number of nitrogens with one attached hydrogen (secondary N) is 5. The molecule has 7 rings (SSSR count). The molecule has 544 valence electrons. The highest BCUT2D eigenvalue weighted by Gasteiger charge is 2.47. The number of likely N-dealkylation sites (N-methyl/N-ethyl adjacent to an activating group) is 4. The Bertz CT molecular complexity index is 3590.